The van der Waals surface area contributed by atoms with Crippen molar-refractivity contribution < 1.29 is 0 Å². The first-order valence-corrected chi connectivity index (χ1v) is 8.75. The highest BCUT2D eigenvalue weighted by Crippen LogP contribution is 2.21. The van der Waals surface area contributed by atoms with Gasteiger partial charge in [0.2, 0.25) is 0 Å². The molecular formula is C18H25N5. The maximum Gasteiger partial charge on any atom is 0.147 e. The Bertz CT molecular complexity index is 617. The number of benzene rings is 1. The maximum atomic E-state index is 4.36. The fourth-order valence-corrected chi connectivity index (χ4v) is 3.87. The molecule has 0 amide bonds. The quantitative estimate of drug-likeness (QED) is 0.846. The van der Waals surface area contributed by atoms with Gasteiger partial charge in [-0.15, -0.1) is 10.2 Å². The van der Waals surface area contributed by atoms with E-state index in [2.05, 4.69) is 54.9 Å². The highest BCUT2D eigenvalue weighted by molar-refractivity contribution is 5.15. The van der Waals surface area contributed by atoms with E-state index in [0.717, 1.165) is 25.0 Å². The van der Waals surface area contributed by atoms with E-state index in [1.807, 2.05) is 6.33 Å². The van der Waals surface area contributed by atoms with Crippen LogP contribution in [0.25, 0.3) is 0 Å². The SMILES string of the molecule is c1ccc(Cn2cnnc2CN2CC[C@H](N3CCCC3)C2)cc1. The van der Waals surface area contributed by atoms with Crippen LogP contribution >= 0.6 is 0 Å². The molecule has 2 aliphatic heterocycles. The van der Waals surface area contributed by atoms with Gasteiger partial charge in [-0.2, -0.15) is 0 Å². The molecule has 0 radical (unpaired) electrons. The van der Waals surface area contributed by atoms with Crippen LogP contribution in [0.3, 0.4) is 0 Å². The summed E-state index contributed by atoms with van der Waals surface area (Å²) in [6.45, 7) is 6.71. The monoisotopic (exact) mass is 311 g/mol. The molecule has 122 valence electrons. The molecule has 5 nitrogen and oxygen atoms in total. The molecule has 0 saturated carbocycles. The van der Waals surface area contributed by atoms with Crippen LogP contribution in [0.5, 0.6) is 0 Å². The Balaban J connectivity index is 1.37. The third kappa shape index (κ3) is 3.46. The average Bonchev–Trinajstić information content (AvgIpc) is 3.31. The minimum atomic E-state index is 0.753. The summed E-state index contributed by atoms with van der Waals surface area (Å²) in [5.41, 5.74) is 1.30. The Kier molecular flexibility index (Phi) is 4.39. The lowest BCUT2D eigenvalue weighted by Gasteiger charge is -2.23. The van der Waals surface area contributed by atoms with E-state index in [9.17, 15) is 0 Å². The van der Waals surface area contributed by atoms with E-state index in [1.165, 1.54) is 51.0 Å². The molecule has 0 bridgehead atoms. The normalized spacial score (nSPS) is 22.9. The number of likely N-dealkylation sites (tertiary alicyclic amines) is 2. The number of hydrogen-bond donors (Lipinski definition) is 0. The van der Waals surface area contributed by atoms with Crippen LogP contribution in [0.2, 0.25) is 0 Å². The van der Waals surface area contributed by atoms with E-state index in [1.54, 1.807) is 0 Å². The van der Waals surface area contributed by atoms with Crippen molar-refractivity contribution in [1.82, 2.24) is 24.6 Å². The summed E-state index contributed by atoms with van der Waals surface area (Å²) in [6, 6.07) is 11.3. The highest BCUT2D eigenvalue weighted by Gasteiger charge is 2.29. The Labute approximate surface area is 137 Å². The number of rotatable bonds is 5. The Morgan fingerprint density at radius 3 is 2.65 bits per heavy atom. The summed E-state index contributed by atoms with van der Waals surface area (Å²) >= 11 is 0. The van der Waals surface area contributed by atoms with Gasteiger partial charge in [-0.25, -0.2) is 0 Å². The van der Waals surface area contributed by atoms with Gasteiger partial charge in [-0.1, -0.05) is 30.3 Å². The summed E-state index contributed by atoms with van der Waals surface area (Å²) in [7, 11) is 0. The topological polar surface area (TPSA) is 37.2 Å². The summed E-state index contributed by atoms with van der Waals surface area (Å²) in [6.07, 6.45) is 5.91. The Hall–Kier alpha value is -1.72. The molecule has 2 aliphatic rings. The molecule has 1 aromatic carbocycles. The standard InChI is InChI=1S/C18H25N5/c1-2-6-16(7-3-1)12-23-15-19-20-18(23)14-21-11-8-17(13-21)22-9-4-5-10-22/h1-3,6-7,15,17H,4-5,8-14H2/t17-/m0/s1. The van der Waals surface area contributed by atoms with Crippen LogP contribution in [0.15, 0.2) is 36.7 Å². The first-order valence-electron chi connectivity index (χ1n) is 8.75. The maximum absolute atomic E-state index is 4.36. The van der Waals surface area contributed by atoms with E-state index in [4.69, 9.17) is 0 Å². The Morgan fingerprint density at radius 2 is 1.83 bits per heavy atom. The average molecular weight is 311 g/mol. The van der Waals surface area contributed by atoms with Crippen molar-refractivity contribution in [2.24, 2.45) is 0 Å². The van der Waals surface area contributed by atoms with Crippen molar-refractivity contribution in [2.75, 3.05) is 26.2 Å². The van der Waals surface area contributed by atoms with E-state index < -0.39 is 0 Å². The first-order chi connectivity index (χ1) is 11.4. The van der Waals surface area contributed by atoms with Crippen LogP contribution in [0, 0.1) is 0 Å². The van der Waals surface area contributed by atoms with Crippen LogP contribution in [0.1, 0.15) is 30.7 Å². The molecular weight excluding hydrogens is 286 g/mol. The molecule has 1 aromatic heterocycles. The zero-order valence-electron chi connectivity index (χ0n) is 13.6. The van der Waals surface area contributed by atoms with Crippen LogP contribution < -0.4 is 0 Å². The van der Waals surface area contributed by atoms with Gasteiger partial charge in [-0.3, -0.25) is 9.80 Å². The van der Waals surface area contributed by atoms with Crippen molar-refractivity contribution in [3.05, 3.63) is 48.0 Å². The molecule has 3 heterocycles. The van der Waals surface area contributed by atoms with Crippen LogP contribution in [0.4, 0.5) is 0 Å². The summed E-state index contributed by atoms with van der Waals surface area (Å²) in [4.78, 5) is 5.21. The molecule has 23 heavy (non-hydrogen) atoms. The predicted molar refractivity (Wildman–Crippen MR) is 90.1 cm³/mol. The second kappa shape index (κ2) is 6.81. The molecule has 2 aromatic rings. The van der Waals surface area contributed by atoms with Crippen LogP contribution in [-0.4, -0.2) is 56.8 Å². The van der Waals surface area contributed by atoms with Crippen molar-refractivity contribution in [3.8, 4) is 0 Å². The second-order valence-corrected chi connectivity index (χ2v) is 6.78. The zero-order chi connectivity index (χ0) is 15.5. The molecule has 0 unspecified atom stereocenters. The molecule has 0 aliphatic carbocycles. The third-order valence-corrected chi connectivity index (χ3v) is 5.16. The molecule has 2 fully saturated rings. The van der Waals surface area contributed by atoms with Gasteiger partial charge in [0.05, 0.1) is 13.1 Å². The highest BCUT2D eigenvalue weighted by atomic mass is 15.3. The molecule has 0 spiro atoms. The number of nitrogens with zero attached hydrogens (tertiary/aromatic N) is 5. The predicted octanol–water partition coefficient (Wildman–Crippen LogP) is 2.00. The van der Waals surface area contributed by atoms with Gasteiger partial charge < -0.3 is 4.57 Å². The molecule has 1 atom stereocenters. The molecule has 4 rings (SSSR count). The number of hydrogen-bond acceptors (Lipinski definition) is 4. The van der Waals surface area contributed by atoms with Gasteiger partial charge in [0.1, 0.15) is 12.2 Å². The third-order valence-electron chi connectivity index (χ3n) is 5.16. The molecule has 2 saturated heterocycles. The van der Waals surface area contributed by atoms with Crippen molar-refractivity contribution in [2.45, 2.75) is 38.4 Å². The lowest BCUT2D eigenvalue weighted by Crippen LogP contribution is -2.35. The van der Waals surface area contributed by atoms with Crippen molar-refractivity contribution in [1.29, 1.82) is 0 Å². The summed E-state index contributed by atoms with van der Waals surface area (Å²) < 4.78 is 2.18. The van der Waals surface area contributed by atoms with E-state index in [-0.39, 0.29) is 0 Å². The molecule has 0 N–H and O–H groups in total. The smallest absolute Gasteiger partial charge is 0.147 e. The lowest BCUT2D eigenvalue weighted by atomic mass is 10.2. The first kappa shape index (κ1) is 14.8. The van der Waals surface area contributed by atoms with E-state index in [0.29, 0.717) is 0 Å². The number of aromatic nitrogens is 3. The fourth-order valence-electron chi connectivity index (χ4n) is 3.87. The van der Waals surface area contributed by atoms with Crippen molar-refractivity contribution >= 4 is 0 Å². The zero-order valence-corrected chi connectivity index (χ0v) is 13.6. The Morgan fingerprint density at radius 1 is 1.00 bits per heavy atom. The summed E-state index contributed by atoms with van der Waals surface area (Å²) in [5, 5.41) is 8.49. The van der Waals surface area contributed by atoms with Gasteiger partial charge in [0.25, 0.3) is 0 Å². The van der Waals surface area contributed by atoms with Gasteiger partial charge in [-0.05, 0) is 37.9 Å². The van der Waals surface area contributed by atoms with Gasteiger partial charge >= 0.3 is 0 Å². The van der Waals surface area contributed by atoms with Gasteiger partial charge in [0, 0.05) is 19.1 Å². The minimum absolute atomic E-state index is 0.753. The molecule has 5 heteroatoms. The summed E-state index contributed by atoms with van der Waals surface area (Å²) in [5.74, 6) is 1.08. The van der Waals surface area contributed by atoms with Gasteiger partial charge in [0.15, 0.2) is 0 Å². The van der Waals surface area contributed by atoms with Crippen LogP contribution in [-0.2, 0) is 13.1 Å². The minimum Gasteiger partial charge on any atom is -0.312 e. The largest absolute Gasteiger partial charge is 0.312 e. The second-order valence-electron chi connectivity index (χ2n) is 6.78. The lowest BCUT2D eigenvalue weighted by molar-refractivity contribution is 0.227. The van der Waals surface area contributed by atoms with Crippen molar-refractivity contribution in [3.63, 3.8) is 0 Å². The fraction of sp³-hybridized carbons (Fsp3) is 0.556. The van der Waals surface area contributed by atoms with E-state index >= 15 is 0 Å².